The molecule has 31 heavy (non-hydrogen) atoms. The summed E-state index contributed by atoms with van der Waals surface area (Å²) >= 11 is 1.86. The van der Waals surface area contributed by atoms with E-state index < -0.39 is 13.2 Å². The molecule has 1 aromatic rings. The van der Waals surface area contributed by atoms with Crippen molar-refractivity contribution in [2.45, 2.75) is 70.3 Å². The summed E-state index contributed by atoms with van der Waals surface area (Å²) in [6, 6.07) is 0.241. The second-order valence-electron chi connectivity index (χ2n) is 8.16. The molecule has 0 radical (unpaired) electrons. The van der Waals surface area contributed by atoms with Crippen LogP contribution in [0.3, 0.4) is 0 Å². The summed E-state index contributed by atoms with van der Waals surface area (Å²) in [5.41, 5.74) is 0.692. The number of hydrogen-bond acceptors (Lipinski definition) is 5. The fraction of sp³-hybridized carbons (Fsp3) is 0.800. The van der Waals surface area contributed by atoms with E-state index in [1.54, 1.807) is 0 Å². The fourth-order valence-corrected chi connectivity index (χ4v) is 6.71. The quantitative estimate of drug-likeness (QED) is 0.118. The van der Waals surface area contributed by atoms with Gasteiger partial charge < -0.3 is 26.6 Å². The number of carbonyl (C=O) groups is 2. The van der Waals surface area contributed by atoms with Crippen LogP contribution in [0, 0.1) is 6.20 Å². The van der Waals surface area contributed by atoms with Crippen LogP contribution in [0.4, 0.5) is 4.79 Å². The van der Waals surface area contributed by atoms with Gasteiger partial charge in [-0.15, -0.1) is 10.9 Å². The molecular formula is C20H36AuN5O3PS+. The zero-order valence-electron chi connectivity index (χ0n) is 18.9. The molecule has 2 aliphatic heterocycles. The van der Waals surface area contributed by atoms with Crippen molar-refractivity contribution in [1.29, 1.82) is 0 Å². The van der Waals surface area contributed by atoms with Crippen molar-refractivity contribution < 1.29 is 37.1 Å². The molecule has 8 nitrogen and oxygen atoms in total. The van der Waals surface area contributed by atoms with E-state index in [2.05, 4.69) is 54.4 Å². The van der Waals surface area contributed by atoms with Crippen LogP contribution in [0.15, 0.2) is 0 Å². The van der Waals surface area contributed by atoms with Crippen LogP contribution < -0.4 is 5.32 Å². The Morgan fingerprint density at radius 2 is 1.97 bits per heavy atom. The molecule has 1 aromatic heterocycles. The number of aromatic nitrogens is 3. The smallest absolute Gasteiger partial charge is 0.481 e. The number of amides is 2. The van der Waals surface area contributed by atoms with Gasteiger partial charge in [-0.2, -0.15) is 11.8 Å². The fourth-order valence-electron chi connectivity index (χ4n) is 3.77. The molecule has 2 saturated heterocycles. The summed E-state index contributed by atoms with van der Waals surface area (Å²) in [5.74, 6) is 0.153. The number of rotatable bonds is 10. The van der Waals surface area contributed by atoms with Crippen molar-refractivity contribution >= 4 is 31.0 Å². The minimum Gasteiger partial charge on any atom is -0.481 e. The van der Waals surface area contributed by atoms with Gasteiger partial charge in [0.25, 0.3) is 0 Å². The van der Waals surface area contributed by atoms with Crippen LogP contribution in [-0.4, -0.2) is 85.7 Å². The van der Waals surface area contributed by atoms with Crippen molar-refractivity contribution in [3.8, 4) is 0 Å². The molecule has 11 heteroatoms. The molecular weight excluding hydrogens is 618 g/mol. The number of aromatic amines is 1. The zero-order chi connectivity index (χ0) is 22.1. The number of carboxylic acids is 1. The van der Waals surface area contributed by atoms with Gasteiger partial charge >= 0.3 is 34.4 Å². The van der Waals surface area contributed by atoms with Gasteiger partial charge in [-0.1, -0.05) is 6.42 Å². The summed E-state index contributed by atoms with van der Waals surface area (Å²) in [6.45, 7) is 9.85. The van der Waals surface area contributed by atoms with E-state index in [-0.39, 0.29) is 46.9 Å². The number of thioether (sulfide) groups is 1. The number of H-pyrrole nitrogens is 1. The SMILES string of the molecule is CC[P+](C)(CC)CC.O=C(O)CCCCC1SCC2NC(=O)N(Cc3[c-]nn[nH]3)C21.[Au+]. The maximum absolute atomic E-state index is 12.1. The van der Waals surface area contributed by atoms with E-state index in [1.165, 1.54) is 18.5 Å². The van der Waals surface area contributed by atoms with E-state index in [1.807, 2.05) is 16.7 Å². The molecule has 0 spiro atoms. The third-order valence-corrected chi connectivity index (χ3v) is 12.5. The molecule has 0 aromatic carbocycles. The first kappa shape index (κ1) is 28.4. The number of nitrogens with zero attached hydrogens (tertiary/aromatic N) is 3. The first-order chi connectivity index (χ1) is 14.3. The summed E-state index contributed by atoms with van der Waals surface area (Å²) in [6.07, 6.45) is 9.71. The number of urea groups is 1. The van der Waals surface area contributed by atoms with Crippen LogP contribution in [0.1, 0.15) is 52.1 Å². The Kier molecular flexibility index (Phi) is 12.7. The van der Waals surface area contributed by atoms with Crippen LogP contribution >= 0.6 is 19.0 Å². The van der Waals surface area contributed by atoms with Gasteiger partial charge in [-0.05, 0) is 33.6 Å². The monoisotopic (exact) mass is 654 g/mol. The van der Waals surface area contributed by atoms with Gasteiger partial charge in [0.1, 0.15) is 0 Å². The third-order valence-electron chi connectivity index (χ3n) is 6.38. The van der Waals surface area contributed by atoms with Gasteiger partial charge in [-0.3, -0.25) is 9.89 Å². The maximum atomic E-state index is 12.1. The Morgan fingerprint density at radius 3 is 2.48 bits per heavy atom. The van der Waals surface area contributed by atoms with Gasteiger partial charge in [0.15, 0.2) is 0 Å². The third kappa shape index (κ3) is 8.35. The second-order valence-corrected chi connectivity index (χ2v) is 14.6. The largest absolute Gasteiger partial charge is 1.00 e. The van der Waals surface area contributed by atoms with E-state index in [0.29, 0.717) is 23.9 Å². The van der Waals surface area contributed by atoms with E-state index in [0.717, 1.165) is 18.6 Å². The van der Waals surface area contributed by atoms with E-state index >= 15 is 0 Å². The Labute approximate surface area is 206 Å². The van der Waals surface area contributed by atoms with Crippen molar-refractivity contribution in [3.05, 3.63) is 11.9 Å². The molecule has 3 rings (SSSR count). The Morgan fingerprint density at radius 1 is 1.29 bits per heavy atom. The predicted octanol–water partition coefficient (Wildman–Crippen LogP) is 3.32. The summed E-state index contributed by atoms with van der Waals surface area (Å²) in [4.78, 5) is 24.5. The van der Waals surface area contributed by atoms with Gasteiger partial charge in [0.2, 0.25) is 0 Å². The topological polar surface area (TPSA) is 111 Å². The number of fused-ring (bicyclic) bond motifs is 1. The van der Waals surface area contributed by atoms with Crippen LogP contribution in [0.5, 0.6) is 0 Å². The van der Waals surface area contributed by atoms with Crippen molar-refractivity contribution in [2.24, 2.45) is 0 Å². The number of carbonyl (C=O) groups excluding carboxylic acids is 1. The van der Waals surface area contributed by atoms with Crippen molar-refractivity contribution in [2.75, 3.05) is 30.9 Å². The van der Waals surface area contributed by atoms with Gasteiger partial charge in [0, 0.05) is 37.9 Å². The number of aliphatic carboxylic acids is 1. The number of hydrogen-bond donors (Lipinski definition) is 3. The minimum absolute atomic E-state index is 0. The Bertz CT molecular complexity index is 670. The molecule has 2 aliphatic rings. The first-order valence-electron chi connectivity index (χ1n) is 10.8. The molecule has 0 aliphatic carbocycles. The van der Waals surface area contributed by atoms with Crippen LogP contribution in [-0.2, 0) is 33.7 Å². The molecule has 3 unspecified atom stereocenters. The molecule has 0 bridgehead atoms. The zero-order valence-corrected chi connectivity index (χ0v) is 22.7. The van der Waals surface area contributed by atoms with Gasteiger partial charge in [-0.25, -0.2) is 4.79 Å². The normalized spacial score (nSPS) is 22.3. The summed E-state index contributed by atoms with van der Waals surface area (Å²) in [5, 5.41) is 22.0. The summed E-state index contributed by atoms with van der Waals surface area (Å²) < 4.78 is 0. The molecule has 180 valence electrons. The molecule has 3 N–H and O–H groups in total. The first-order valence-corrected chi connectivity index (χ1v) is 14.7. The van der Waals surface area contributed by atoms with E-state index in [9.17, 15) is 9.59 Å². The van der Waals surface area contributed by atoms with Crippen molar-refractivity contribution in [1.82, 2.24) is 25.6 Å². The number of carboxylic acid groups (broad SMARTS) is 1. The average molecular weight is 655 g/mol. The molecule has 3 heterocycles. The van der Waals surface area contributed by atoms with Crippen LogP contribution in [0.25, 0.3) is 0 Å². The predicted molar refractivity (Wildman–Crippen MR) is 124 cm³/mol. The Balaban J connectivity index is 0.000000461. The van der Waals surface area contributed by atoms with Crippen LogP contribution in [0.2, 0.25) is 0 Å². The maximum Gasteiger partial charge on any atom is 1.00 e. The van der Waals surface area contributed by atoms with E-state index in [4.69, 9.17) is 5.11 Å². The summed E-state index contributed by atoms with van der Waals surface area (Å²) in [7, 11) is -0.412. The average Bonchev–Trinajstić information content (AvgIpc) is 3.45. The number of nitrogens with one attached hydrogen (secondary N) is 2. The second kappa shape index (κ2) is 13.8. The Hall–Kier alpha value is -0.600. The standard InChI is InChI=1S/C13H18N5O3S.C7H18P.Au/c19-11(20)4-2-1-3-10-12-9(7-22-10)15-13(21)18(12)6-8-5-14-17-16-8;1-5-8(4,6-2)7-3;/h9-10,12H,1-4,6-7H2,(H,15,21)(H,19,20)(H,14,16,17);5-7H2,1-4H3;/q-1;2*+1. The molecule has 2 fully saturated rings. The molecule has 3 atom stereocenters. The van der Waals surface area contributed by atoms with Gasteiger partial charge in [0.05, 0.1) is 30.6 Å². The minimum atomic E-state index is -0.751. The molecule has 0 saturated carbocycles. The molecule has 2 amide bonds. The number of unbranched alkanes of at least 4 members (excludes halogenated alkanes) is 1. The van der Waals surface area contributed by atoms with Crippen molar-refractivity contribution in [3.63, 3.8) is 0 Å².